The van der Waals surface area contributed by atoms with Crippen LogP contribution in [0.5, 0.6) is 5.75 Å². The van der Waals surface area contributed by atoms with Gasteiger partial charge < -0.3 is 14.6 Å². The maximum absolute atomic E-state index is 12.8. The molecule has 0 spiro atoms. The molecule has 25 heavy (non-hydrogen) atoms. The molecule has 1 saturated heterocycles. The van der Waals surface area contributed by atoms with Gasteiger partial charge in [0.1, 0.15) is 10.8 Å². The first kappa shape index (κ1) is 17.5. The largest absolute Gasteiger partial charge is 0.497 e. The van der Waals surface area contributed by atoms with Crippen LogP contribution in [-0.2, 0) is 0 Å². The van der Waals surface area contributed by atoms with Gasteiger partial charge in [-0.2, -0.15) is 0 Å². The number of ether oxygens (including phenoxy) is 1. The monoisotopic (exact) mass is 360 g/mol. The summed E-state index contributed by atoms with van der Waals surface area (Å²) in [7, 11) is 1.65. The average Bonchev–Trinajstić information content (AvgIpc) is 2.90. The number of pyridine rings is 1. The summed E-state index contributed by atoms with van der Waals surface area (Å²) in [4.78, 5) is 28.6. The van der Waals surface area contributed by atoms with Gasteiger partial charge in [0, 0.05) is 25.2 Å². The van der Waals surface area contributed by atoms with Gasteiger partial charge in [-0.1, -0.05) is 30.2 Å². The molecular formula is C19H21ClN2O3. The summed E-state index contributed by atoms with van der Waals surface area (Å²) >= 11 is 5.86. The molecule has 1 aliphatic rings. The van der Waals surface area contributed by atoms with E-state index >= 15 is 0 Å². The summed E-state index contributed by atoms with van der Waals surface area (Å²) in [5.74, 6) is 1.02. The molecule has 3 rings (SSSR count). The summed E-state index contributed by atoms with van der Waals surface area (Å²) in [6.45, 7) is 1.37. The fraction of sp³-hybridized carbons (Fsp3) is 0.368. The highest BCUT2D eigenvalue weighted by Crippen LogP contribution is 2.28. The molecule has 6 heteroatoms. The Bertz CT molecular complexity index is 801. The number of H-pyrrole nitrogens is 1. The van der Waals surface area contributed by atoms with Gasteiger partial charge in [-0.25, -0.2) is 0 Å². The normalized spacial score (nSPS) is 17.8. The Morgan fingerprint density at radius 1 is 1.28 bits per heavy atom. The summed E-state index contributed by atoms with van der Waals surface area (Å²) in [6.07, 6.45) is 4.52. The van der Waals surface area contributed by atoms with Crippen LogP contribution >= 0.6 is 11.6 Å². The van der Waals surface area contributed by atoms with Gasteiger partial charge >= 0.3 is 0 Å². The minimum atomic E-state index is -0.384. The second-order valence-corrected chi connectivity index (χ2v) is 6.69. The van der Waals surface area contributed by atoms with E-state index in [9.17, 15) is 9.59 Å². The molecular weight excluding hydrogens is 340 g/mol. The Hall–Kier alpha value is -2.27. The maximum Gasteiger partial charge on any atom is 0.266 e. The van der Waals surface area contributed by atoms with Gasteiger partial charge in [-0.3, -0.25) is 9.59 Å². The van der Waals surface area contributed by atoms with Gasteiger partial charge in [0.05, 0.1) is 12.7 Å². The van der Waals surface area contributed by atoms with Gasteiger partial charge in [-0.15, -0.1) is 0 Å². The van der Waals surface area contributed by atoms with Crippen molar-refractivity contribution in [1.29, 1.82) is 0 Å². The fourth-order valence-electron chi connectivity index (χ4n) is 3.24. The number of nitrogens with zero attached hydrogens (tertiary/aromatic N) is 1. The Balaban J connectivity index is 1.79. The van der Waals surface area contributed by atoms with Crippen LogP contribution in [0.25, 0.3) is 0 Å². The number of carbonyl (C=O) groups is 1. The van der Waals surface area contributed by atoms with Crippen LogP contribution in [0.1, 0.15) is 41.1 Å². The molecule has 1 N–H and O–H groups in total. The third-order valence-electron chi connectivity index (χ3n) is 4.65. The number of halogens is 1. The third kappa shape index (κ3) is 4.04. The number of methoxy groups -OCH3 is 1. The van der Waals surface area contributed by atoms with E-state index in [-0.39, 0.29) is 22.4 Å². The van der Waals surface area contributed by atoms with E-state index in [1.807, 2.05) is 17.0 Å². The van der Waals surface area contributed by atoms with Crippen molar-refractivity contribution in [3.8, 4) is 5.75 Å². The van der Waals surface area contributed by atoms with Crippen molar-refractivity contribution in [3.63, 3.8) is 0 Å². The lowest BCUT2D eigenvalue weighted by Gasteiger charge is -2.25. The molecule has 1 amide bonds. The number of benzene rings is 1. The van der Waals surface area contributed by atoms with Crippen molar-refractivity contribution in [2.24, 2.45) is 0 Å². The molecule has 0 radical (unpaired) electrons. The molecule has 1 aromatic carbocycles. The molecule has 1 aromatic heterocycles. The van der Waals surface area contributed by atoms with Crippen molar-refractivity contribution in [2.45, 2.75) is 25.2 Å². The zero-order valence-electron chi connectivity index (χ0n) is 14.1. The molecule has 0 aliphatic carbocycles. The zero-order valence-corrected chi connectivity index (χ0v) is 14.9. The van der Waals surface area contributed by atoms with E-state index in [0.29, 0.717) is 18.7 Å². The van der Waals surface area contributed by atoms with E-state index in [0.717, 1.165) is 25.0 Å². The van der Waals surface area contributed by atoms with Gasteiger partial charge in [-0.05, 0) is 36.6 Å². The molecule has 2 aromatic rings. The number of hydrogen-bond donors (Lipinski definition) is 1. The smallest absolute Gasteiger partial charge is 0.266 e. The Morgan fingerprint density at radius 3 is 2.72 bits per heavy atom. The van der Waals surface area contributed by atoms with Crippen LogP contribution in [0.4, 0.5) is 0 Å². The molecule has 1 unspecified atom stereocenters. The Labute approximate surface area is 151 Å². The molecule has 1 aliphatic heterocycles. The van der Waals surface area contributed by atoms with E-state index in [1.165, 1.54) is 17.8 Å². The van der Waals surface area contributed by atoms with Crippen LogP contribution in [0.3, 0.4) is 0 Å². The molecule has 1 atom stereocenters. The Morgan fingerprint density at radius 2 is 2.04 bits per heavy atom. The lowest BCUT2D eigenvalue weighted by atomic mass is 9.94. The van der Waals surface area contributed by atoms with Crippen LogP contribution in [0, 0.1) is 0 Å². The van der Waals surface area contributed by atoms with E-state index in [1.54, 1.807) is 7.11 Å². The van der Waals surface area contributed by atoms with Gasteiger partial charge in [0.25, 0.3) is 11.5 Å². The molecule has 0 saturated carbocycles. The average molecular weight is 361 g/mol. The highest BCUT2D eigenvalue weighted by molar-refractivity contribution is 6.30. The topological polar surface area (TPSA) is 62.4 Å². The SMILES string of the molecule is COc1ccc(C2CCCCN(C(=O)c3c[nH]c(=O)c(Cl)c3)C2)cc1. The summed E-state index contributed by atoms with van der Waals surface area (Å²) in [5, 5.41) is 0.0346. The minimum Gasteiger partial charge on any atom is -0.497 e. The van der Waals surface area contributed by atoms with E-state index in [2.05, 4.69) is 17.1 Å². The number of carbonyl (C=O) groups excluding carboxylic acids is 1. The first-order chi connectivity index (χ1) is 12.1. The predicted molar refractivity (Wildman–Crippen MR) is 97.6 cm³/mol. The summed E-state index contributed by atoms with van der Waals surface area (Å²) in [6, 6.07) is 9.47. The molecule has 132 valence electrons. The number of nitrogens with one attached hydrogen (secondary N) is 1. The molecule has 1 fully saturated rings. The van der Waals surface area contributed by atoms with Crippen molar-refractivity contribution in [2.75, 3.05) is 20.2 Å². The fourth-order valence-corrected chi connectivity index (χ4v) is 3.41. The van der Waals surface area contributed by atoms with Crippen LogP contribution < -0.4 is 10.3 Å². The van der Waals surface area contributed by atoms with Crippen LogP contribution in [0.2, 0.25) is 5.02 Å². The predicted octanol–water partition coefficient (Wildman–Crippen LogP) is 3.45. The summed E-state index contributed by atoms with van der Waals surface area (Å²) in [5.41, 5.74) is 1.24. The number of rotatable bonds is 3. The van der Waals surface area contributed by atoms with Crippen LogP contribution in [-0.4, -0.2) is 36.0 Å². The lowest BCUT2D eigenvalue weighted by Crippen LogP contribution is -2.34. The first-order valence-corrected chi connectivity index (χ1v) is 8.77. The van der Waals surface area contributed by atoms with Crippen molar-refractivity contribution >= 4 is 17.5 Å². The number of aromatic amines is 1. The maximum atomic E-state index is 12.8. The lowest BCUT2D eigenvalue weighted by molar-refractivity contribution is 0.0754. The highest BCUT2D eigenvalue weighted by atomic mass is 35.5. The number of likely N-dealkylation sites (tertiary alicyclic amines) is 1. The number of aromatic nitrogens is 1. The van der Waals surface area contributed by atoms with E-state index in [4.69, 9.17) is 16.3 Å². The first-order valence-electron chi connectivity index (χ1n) is 8.40. The number of amides is 1. The minimum absolute atomic E-state index is 0.0346. The molecule has 5 nitrogen and oxygen atoms in total. The van der Waals surface area contributed by atoms with E-state index < -0.39 is 0 Å². The van der Waals surface area contributed by atoms with Crippen molar-refractivity contribution in [3.05, 3.63) is 63.0 Å². The van der Waals surface area contributed by atoms with Crippen molar-refractivity contribution in [1.82, 2.24) is 9.88 Å². The second-order valence-electron chi connectivity index (χ2n) is 6.28. The number of hydrogen-bond acceptors (Lipinski definition) is 3. The zero-order chi connectivity index (χ0) is 17.8. The second kappa shape index (κ2) is 7.74. The standard InChI is InChI=1S/C19H21ClN2O3/c1-25-16-7-5-13(6-8-16)14-4-2-3-9-22(12-14)19(24)15-10-17(20)18(23)21-11-15/h5-8,10-11,14H,2-4,9,12H2,1H3,(H,21,23). The van der Waals surface area contributed by atoms with Gasteiger partial charge in [0.2, 0.25) is 0 Å². The third-order valence-corrected chi connectivity index (χ3v) is 4.93. The van der Waals surface area contributed by atoms with Crippen molar-refractivity contribution < 1.29 is 9.53 Å². The summed E-state index contributed by atoms with van der Waals surface area (Å²) < 4.78 is 5.21. The molecule has 2 heterocycles. The van der Waals surface area contributed by atoms with Crippen LogP contribution in [0.15, 0.2) is 41.3 Å². The van der Waals surface area contributed by atoms with Gasteiger partial charge in [0.15, 0.2) is 0 Å². The molecule has 0 bridgehead atoms. The Kier molecular flexibility index (Phi) is 5.43. The highest BCUT2D eigenvalue weighted by Gasteiger charge is 2.24. The quantitative estimate of drug-likeness (QED) is 0.911.